The molecular formula is C26H25N5O4. The topological polar surface area (TPSA) is 107 Å². The Bertz CT molecular complexity index is 1500. The zero-order valence-corrected chi connectivity index (χ0v) is 19.7. The fourth-order valence-corrected chi connectivity index (χ4v) is 4.04. The van der Waals surface area contributed by atoms with Crippen molar-refractivity contribution in [1.82, 2.24) is 19.7 Å². The second-order valence-electron chi connectivity index (χ2n) is 8.14. The average Bonchev–Trinajstić information content (AvgIpc) is 3.62. The molecule has 3 aromatic heterocycles. The lowest BCUT2D eigenvalue weighted by atomic mass is 10.1. The van der Waals surface area contributed by atoms with E-state index in [0.29, 0.717) is 29.3 Å². The summed E-state index contributed by atoms with van der Waals surface area (Å²) in [4.78, 5) is 20.3. The third kappa shape index (κ3) is 4.48. The van der Waals surface area contributed by atoms with E-state index in [4.69, 9.17) is 13.9 Å². The molecular weight excluding hydrogens is 446 g/mol. The maximum atomic E-state index is 12.9. The summed E-state index contributed by atoms with van der Waals surface area (Å²) in [5, 5.41) is 8.36. The Labute approximate surface area is 201 Å². The number of nitrogens with zero attached hydrogens (tertiary/aromatic N) is 3. The summed E-state index contributed by atoms with van der Waals surface area (Å²) >= 11 is 0. The number of aromatic amines is 1. The summed E-state index contributed by atoms with van der Waals surface area (Å²) in [6, 6.07) is 11.6. The van der Waals surface area contributed by atoms with Gasteiger partial charge in [0, 0.05) is 35.4 Å². The first-order valence-corrected chi connectivity index (χ1v) is 11.1. The van der Waals surface area contributed by atoms with Crippen molar-refractivity contribution in [2.24, 2.45) is 0 Å². The molecule has 0 unspecified atom stereocenters. The van der Waals surface area contributed by atoms with Crippen molar-refractivity contribution in [3.8, 4) is 22.8 Å². The molecule has 0 spiro atoms. The van der Waals surface area contributed by atoms with Crippen molar-refractivity contribution in [3.63, 3.8) is 0 Å². The maximum absolute atomic E-state index is 12.9. The number of ether oxygens (including phenoxy) is 2. The van der Waals surface area contributed by atoms with E-state index >= 15 is 0 Å². The van der Waals surface area contributed by atoms with Crippen LogP contribution in [0, 0.1) is 6.92 Å². The number of nitrogens with one attached hydrogen (secondary N) is 2. The molecule has 5 rings (SSSR count). The second kappa shape index (κ2) is 9.38. The zero-order valence-electron chi connectivity index (χ0n) is 19.7. The van der Waals surface area contributed by atoms with Crippen LogP contribution < -0.4 is 14.8 Å². The first-order valence-electron chi connectivity index (χ1n) is 11.1. The van der Waals surface area contributed by atoms with Gasteiger partial charge >= 0.3 is 0 Å². The van der Waals surface area contributed by atoms with Gasteiger partial charge in [-0.1, -0.05) is 12.1 Å². The number of oxazole rings is 1. The number of fused-ring (bicyclic) bond motifs is 1. The fraction of sp³-hybridized carbons (Fsp3) is 0.192. The van der Waals surface area contributed by atoms with Gasteiger partial charge in [0.25, 0.3) is 5.91 Å². The van der Waals surface area contributed by atoms with Crippen LogP contribution in [0.1, 0.15) is 21.6 Å². The Morgan fingerprint density at radius 1 is 1.17 bits per heavy atom. The van der Waals surface area contributed by atoms with E-state index in [1.54, 1.807) is 31.3 Å². The number of aromatic nitrogens is 4. The number of carbonyl (C=O) groups is 1. The monoisotopic (exact) mass is 471 g/mol. The lowest BCUT2D eigenvalue weighted by Gasteiger charge is -2.07. The van der Waals surface area contributed by atoms with Gasteiger partial charge in [0.1, 0.15) is 11.5 Å². The van der Waals surface area contributed by atoms with Gasteiger partial charge in [-0.05, 0) is 48.7 Å². The molecule has 0 aliphatic rings. The van der Waals surface area contributed by atoms with E-state index < -0.39 is 0 Å². The van der Waals surface area contributed by atoms with Crippen molar-refractivity contribution in [1.29, 1.82) is 0 Å². The molecule has 3 heterocycles. The van der Waals surface area contributed by atoms with Gasteiger partial charge in [0.05, 0.1) is 26.1 Å². The van der Waals surface area contributed by atoms with Crippen LogP contribution in [0.2, 0.25) is 0 Å². The van der Waals surface area contributed by atoms with Crippen molar-refractivity contribution in [2.45, 2.75) is 19.9 Å². The molecule has 0 bridgehead atoms. The Kier molecular flexibility index (Phi) is 5.97. The number of methoxy groups -OCH3 is 2. The number of hydrogen-bond acceptors (Lipinski definition) is 6. The number of hydrogen-bond donors (Lipinski definition) is 2. The van der Waals surface area contributed by atoms with Gasteiger partial charge in [0.15, 0.2) is 17.8 Å². The number of rotatable bonds is 8. The Morgan fingerprint density at radius 3 is 2.89 bits per heavy atom. The van der Waals surface area contributed by atoms with Gasteiger partial charge in [-0.15, -0.1) is 0 Å². The third-order valence-electron chi connectivity index (χ3n) is 5.93. The van der Waals surface area contributed by atoms with Crippen LogP contribution in [0.4, 0.5) is 5.69 Å². The van der Waals surface area contributed by atoms with Crippen molar-refractivity contribution in [3.05, 3.63) is 78.2 Å². The molecule has 2 N–H and O–H groups in total. The van der Waals surface area contributed by atoms with E-state index in [-0.39, 0.29) is 11.6 Å². The van der Waals surface area contributed by atoms with Gasteiger partial charge in [0.2, 0.25) is 0 Å². The van der Waals surface area contributed by atoms with Gasteiger partial charge < -0.3 is 24.2 Å². The first kappa shape index (κ1) is 22.3. The highest BCUT2D eigenvalue weighted by molar-refractivity contribution is 6.06. The molecule has 0 saturated carbocycles. The number of amides is 1. The summed E-state index contributed by atoms with van der Waals surface area (Å²) in [6.45, 7) is 2.60. The van der Waals surface area contributed by atoms with Gasteiger partial charge in [-0.2, -0.15) is 5.10 Å². The van der Waals surface area contributed by atoms with E-state index in [0.717, 1.165) is 28.6 Å². The molecule has 0 fully saturated rings. The third-order valence-corrected chi connectivity index (χ3v) is 5.93. The minimum absolute atomic E-state index is 0.191. The molecule has 0 radical (unpaired) electrons. The summed E-state index contributed by atoms with van der Waals surface area (Å²) in [5.74, 6) is 1.53. The van der Waals surface area contributed by atoms with Crippen molar-refractivity contribution >= 4 is 22.5 Å². The van der Waals surface area contributed by atoms with Crippen LogP contribution >= 0.6 is 0 Å². The average molecular weight is 472 g/mol. The molecule has 5 aromatic rings. The molecule has 0 aliphatic heterocycles. The van der Waals surface area contributed by atoms with Crippen LogP contribution in [-0.4, -0.2) is 39.9 Å². The van der Waals surface area contributed by atoms with E-state index in [2.05, 4.69) is 20.4 Å². The largest absolute Gasteiger partial charge is 0.497 e. The molecule has 9 heteroatoms. The van der Waals surface area contributed by atoms with E-state index in [1.807, 2.05) is 49.5 Å². The Morgan fingerprint density at radius 2 is 2.06 bits per heavy atom. The molecule has 2 aromatic carbocycles. The molecule has 9 nitrogen and oxygen atoms in total. The quantitative estimate of drug-likeness (QED) is 0.335. The highest BCUT2D eigenvalue weighted by atomic mass is 16.5. The van der Waals surface area contributed by atoms with E-state index in [9.17, 15) is 4.79 Å². The molecule has 0 saturated heterocycles. The minimum Gasteiger partial charge on any atom is -0.497 e. The normalized spacial score (nSPS) is 11.1. The lowest BCUT2D eigenvalue weighted by molar-refractivity contribution is 0.102. The number of anilines is 1. The van der Waals surface area contributed by atoms with E-state index in [1.165, 1.54) is 12.0 Å². The molecule has 35 heavy (non-hydrogen) atoms. The molecule has 0 atom stereocenters. The maximum Gasteiger partial charge on any atom is 0.278 e. The highest BCUT2D eigenvalue weighted by Crippen LogP contribution is 2.29. The van der Waals surface area contributed by atoms with Gasteiger partial charge in [-0.25, -0.2) is 4.98 Å². The standard InChI is InChI=1S/C26H25N5O4/c1-16-4-5-17(10-23(16)34-3)25-24(28-15-35-25)26(32)30-19-13-29-31(14-19)9-8-18-12-27-22-7-6-20(33-2)11-21(18)22/h4-7,10-15,27H,8-9H2,1-3H3,(H,30,32). The van der Waals surface area contributed by atoms with Gasteiger partial charge in [-0.3, -0.25) is 9.48 Å². The zero-order chi connectivity index (χ0) is 24.4. The van der Waals surface area contributed by atoms with Crippen LogP contribution in [0.3, 0.4) is 0 Å². The van der Waals surface area contributed by atoms with Crippen LogP contribution in [0.15, 0.2) is 65.8 Å². The fourth-order valence-electron chi connectivity index (χ4n) is 4.04. The predicted octanol–water partition coefficient (Wildman–Crippen LogP) is 4.84. The molecule has 178 valence electrons. The molecule has 1 amide bonds. The number of H-pyrrole nitrogens is 1. The number of aryl methyl sites for hydroxylation is 3. The summed E-state index contributed by atoms with van der Waals surface area (Å²) in [5.41, 5.74) is 4.69. The second-order valence-corrected chi connectivity index (χ2v) is 8.14. The SMILES string of the molecule is COc1ccc2[nH]cc(CCn3cc(NC(=O)c4ncoc4-c4ccc(C)c(OC)c4)cn3)c2c1. The summed E-state index contributed by atoms with van der Waals surface area (Å²) < 4.78 is 18.0. The van der Waals surface area contributed by atoms with Crippen molar-refractivity contribution in [2.75, 3.05) is 19.5 Å². The van der Waals surface area contributed by atoms with Crippen LogP contribution in [0.5, 0.6) is 11.5 Å². The Hall–Kier alpha value is -4.53. The lowest BCUT2D eigenvalue weighted by Crippen LogP contribution is -2.13. The number of benzene rings is 2. The number of carbonyl (C=O) groups excluding carboxylic acids is 1. The van der Waals surface area contributed by atoms with Crippen LogP contribution in [0.25, 0.3) is 22.2 Å². The van der Waals surface area contributed by atoms with Crippen LogP contribution in [-0.2, 0) is 13.0 Å². The molecule has 0 aliphatic carbocycles. The smallest absolute Gasteiger partial charge is 0.278 e. The summed E-state index contributed by atoms with van der Waals surface area (Å²) in [7, 11) is 3.26. The highest BCUT2D eigenvalue weighted by Gasteiger charge is 2.20. The summed E-state index contributed by atoms with van der Waals surface area (Å²) in [6.07, 6.45) is 7.44. The predicted molar refractivity (Wildman–Crippen MR) is 132 cm³/mol. The van der Waals surface area contributed by atoms with Crippen molar-refractivity contribution < 1.29 is 18.7 Å². The minimum atomic E-state index is -0.378. The first-order chi connectivity index (χ1) is 17.1. The Balaban J connectivity index is 1.27.